The molecule has 9 nitrogen and oxygen atoms in total. The lowest BCUT2D eigenvalue weighted by atomic mass is 9.95. The highest BCUT2D eigenvalue weighted by Gasteiger charge is 2.30. The van der Waals surface area contributed by atoms with Crippen LogP contribution in [0.4, 0.5) is 0 Å². The van der Waals surface area contributed by atoms with E-state index in [-0.39, 0.29) is 17.7 Å². The largest absolute Gasteiger partial charge is 0.361 e. The van der Waals surface area contributed by atoms with Crippen LogP contribution in [0, 0.1) is 19.8 Å². The first-order valence-corrected chi connectivity index (χ1v) is 11.8. The van der Waals surface area contributed by atoms with Gasteiger partial charge in [0.2, 0.25) is 11.8 Å². The molecule has 0 unspecified atom stereocenters. The number of amides is 2. The van der Waals surface area contributed by atoms with Gasteiger partial charge in [-0.1, -0.05) is 19.0 Å². The van der Waals surface area contributed by atoms with Crippen molar-refractivity contribution < 1.29 is 14.1 Å². The van der Waals surface area contributed by atoms with Crippen molar-refractivity contribution in [2.24, 2.45) is 5.92 Å². The van der Waals surface area contributed by atoms with E-state index in [0.717, 1.165) is 67.6 Å². The second kappa shape index (κ2) is 9.42. The summed E-state index contributed by atoms with van der Waals surface area (Å²) in [6, 6.07) is 0. The zero-order valence-electron chi connectivity index (χ0n) is 19.6. The summed E-state index contributed by atoms with van der Waals surface area (Å²) >= 11 is 0. The van der Waals surface area contributed by atoms with Gasteiger partial charge in [-0.15, -0.1) is 10.2 Å². The molecule has 0 atom stereocenters. The second-order valence-corrected chi connectivity index (χ2v) is 9.31. The summed E-state index contributed by atoms with van der Waals surface area (Å²) in [6.07, 6.45) is 3.68. The van der Waals surface area contributed by atoms with Crippen LogP contribution in [-0.2, 0) is 29.0 Å². The van der Waals surface area contributed by atoms with Crippen LogP contribution in [-0.4, -0.2) is 67.7 Å². The van der Waals surface area contributed by atoms with E-state index in [4.69, 9.17) is 4.52 Å². The highest BCUT2D eigenvalue weighted by atomic mass is 16.5. The maximum absolute atomic E-state index is 12.7. The van der Waals surface area contributed by atoms with Gasteiger partial charge in [0.05, 0.1) is 5.69 Å². The number of carbonyl (C=O) groups excluding carboxylic acids is 2. The van der Waals surface area contributed by atoms with Gasteiger partial charge in [0.15, 0.2) is 0 Å². The Morgan fingerprint density at radius 1 is 1.03 bits per heavy atom. The average Bonchev–Trinajstić information content (AvgIpc) is 3.26. The third-order valence-corrected chi connectivity index (χ3v) is 6.84. The summed E-state index contributed by atoms with van der Waals surface area (Å²) < 4.78 is 7.42. The molecular formula is C23H34N6O3. The predicted octanol–water partition coefficient (Wildman–Crippen LogP) is 2.26. The van der Waals surface area contributed by atoms with Crippen LogP contribution in [0.5, 0.6) is 0 Å². The van der Waals surface area contributed by atoms with Crippen LogP contribution in [0.2, 0.25) is 0 Å². The molecule has 4 rings (SSSR count). The number of aromatic nitrogens is 4. The Labute approximate surface area is 189 Å². The van der Waals surface area contributed by atoms with Crippen molar-refractivity contribution in [2.75, 3.05) is 26.2 Å². The standard InChI is InChI=1S/C23H34N6O3/c1-15(2)23(31)28-12-9-20-24-25-22(29(20)14-13-28)18-7-10-27(11-8-18)21(30)6-5-19-16(3)26-32-17(19)4/h15,18H,5-14H2,1-4H3. The molecule has 0 radical (unpaired) electrons. The van der Waals surface area contributed by atoms with Gasteiger partial charge in [-0.2, -0.15) is 0 Å². The molecule has 0 N–H and O–H groups in total. The quantitative estimate of drug-likeness (QED) is 0.705. The van der Waals surface area contributed by atoms with Crippen molar-refractivity contribution in [1.82, 2.24) is 29.7 Å². The first kappa shape index (κ1) is 22.5. The zero-order chi connectivity index (χ0) is 22.8. The molecule has 0 aromatic carbocycles. The summed E-state index contributed by atoms with van der Waals surface area (Å²) in [5.74, 6) is 3.49. The fourth-order valence-electron chi connectivity index (χ4n) is 4.87. The van der Waals surface area contributed by atoms with E-state index < -0.39 is 0 Å². The van der Waals surface area contributed by atoms with Crippen LogP contribution in [0.15, 0.2) is 4.52 Å². The molecule has 32 heavy (non-hydrogen) atoms. The number of piperidine rings is 1. The average molecular weight is 443 g/mol. The molecule has 1 fully saturated rings. The Hall–Kier alpha value is -2.71. The van der Waals surface area contributed by atoms with Crippen molar-refractivity contribution in [2.45, 2.75) is 72.3 Å². The Bertz CT molecular complexity index is 951. The number of aryl methyl sites for hydroxylation is 2. The lowest BCUT2D eigenvalue weighted by Gasteiger charge is -2.32. The number of nitrogens with zero attached hydrogens (tertiary/aromatic N) is 6. The highest BCUT2D eigenvalue weighted by molar-refractivity contribution is 5.78. The molecule has 2 aromatic heterocycles. The van der Waals surface area contributed by atoms with Gasteiger partial charge in [0, 0.05) is 63.0 Å². The van der Waals surface area contributed by atoms with Gasteiger partial charge in [-0.05, 0) is 33.1 Å². The van der Waals surface area contributed by atoms with E-state index >= 15 is 0 Å². The Kier molecular flexibility index (Phi) is 6.62. The molecule has 2 amide bonds. The molecule has 9 heteroatoms. The molecule has 2 aliphatic rings. The smallest absolute Gasteiger partial charge is 0.225 e. The van der Waals surface area contributed by atoms with Crippen LogP contribution < -0.4 is 0 Å². The lowest BCUT2D eigenvalue weighted by molar-refractivity contribution is -0.134. The lowest BCUT2D eigenvalue weighted by Crippen LogP contribution is -2.39. The minimum atomic E-state index is 0.0116. The van der Waals surface area contributed by atoms with Gasteiger partial charge in [0.1, 0.15) is 17.4 Å². The van der Waals surface area contributed by atoms with Crippen LogP contribution in [0.1, 0.15) is 67.7 Å². The third-order valence-electron chi connectivity index (χ3n) is 6.84. The molecular weight excluding hydrogens is 408 g/mol. The molecule has 174 valence electrons. The first-order chi connectivity index (χ1) is 15.3. The Morgan fingerprint density at radius 2 is 1.78 bits per heavy atom. The van der Waals surface area contributed by atoms with Gasteiger partial charge >= 0.3 is 0 Å². The topological polar surface area (TPSA) is 97.4 Å². The van der Waals surface area contributed by atoms with Gasteiger partial charge in [0.25, 0.3) is 0 Å². The minimum Gasteiger partial charge on any atom is -0.361 e. The number of hydrogen-bond acceptors (Lipinski definition) is 6. The molecule has 0 spiro atoms. The number of fused-ring (bicyclic) bond motifs is 1. The predicted molar refractivity (Wildman–Crippen MR) is 118 cm³/mol. The Morgan fingerprint density at radius 3 is 2.44 bits per heavy atom. The fraction of sp³-hybridized carbons (Fsp3) is 0.696. The Balaban J connectivity index is 1.32. The summed E-state index contributed by atoms with van der Waals surface area (Å²) in [4.78, 5) is 29.1. The number of likely N-dealkylation sites (tertiary alicyclic amines) is 1. The monoisotopic (exact) mass is 442 g/mol. The van der Waals surface area contributed by atoms with Crippen molar-refractivity contribution in [1.29, 1.82) is 0 Å². The molecule has 0 saturated carbocycles. The third kappa shape index (κ3) is 4.56. The zero-order valence-corrected chi connectivity index (χ0v) is 19.6. The maximum Gasteiger partial charge on any atom is 0.225 e. The van der Waals surface area contributed by atoms with Gasteiger partial charge in [-0.25, -0.2) is 0 Å². The van der Waals surface area contributed by atoms with Crippen molar-refractivity contribution >= 4 is 11.8 Å². The summed E-state index contributed by atoms with van der Waals surface area (Å²) in [7, 11) is 0. The number of carbonyl (C=O) groups is 2. The van der Waals surface area contributed by atoms with Crippen molar-refractivity contribution in [3.8, 4) is 0 Å². The van der Waals surface area contributed by atoms with E-state index in [0.29, 0.717) is 31.8 Å². The van der Waals surface area contributed by atoms with Crippen LogP contribution in [0.25, 0.3) is 0 Å². The molecule has 0 aliphatic carbocycles. The molecule has 0 bridgehead atoms. The molecule has 1 saturated heterocycles. The summed E-state index contributed by atoms with van der Waals surface area (Å²) in [5.41, 5.74) is 1.92. The molecule has 2 aliphatic heterocycles. The maximum atomic E-state index is 12.7. The van der Waals surface area contributed by atoms with Gasteiger partial charge < -0.3 is 18.9 Å². The van der Waals surface area contributed by atoms with E-state index in [9.17, 15) is 9.59 Å². The number of rotatable bonds is 5. The van der Waals surface area contributed by atoms with Crippen molar-refractivity contribution in [3.05, 3.63) is 28.7 Å². The van der Waals surface area contributed by atoms with Crippen molar-refractivity contribution in [3.63, 3.8) is 0 Å². The SMILES string of the molecule is Cc1noc(C)c1CCC(=O)N1CCC(c2nnc3n2CCN(C(=O)C(C)C)CC3)CC1. The first-order valence-electron chi connectivity index (χ1n) is 11.8. The highest BCUT2D eigenvalue weighted by Crippen LogP contribution is 2.29. The van der Waals surface area contributed by atoms with E-state index in [2.05, 4.69) is 19.9 Å². The van der Waals surface area contributed by atoms with Gasteiger partial charge in [-0.3, -0.25) is 9.59 Å². The minimum absolute atomic E-state index is 0.0116. The van der Waals surface area contributed by atoms with Crippen LogP contribution >= 0.6 is 0 Å². The van der Waals surface area contributed by atoms with E-state index in [1.807, 2.05) is 37.5 Å². The fourth-order valence-corrected chi connectivity index (χ4v) is 4.87. The normalized spacial score (nSPS) is 17.5. The molecule has 4 heterocycles. The summed E-state index contributed by atoms with van der Waals surface area (Å²) in [5, 5.41) is 12.9. The second-order valence-electron chi connectivity index (χ2n) is 9.31. The van der Waals surface area contributed by atoms with Crippen LogP contribution in [0.3, 0.4) is 0 Å². The van der Waals surface area contributed by atoms with E-state index in [1.165, 1.54) is 0 Å². The summed E-state index contributed by atoms with van der Waals surface area (Å²) in [6.45, 7) is 11.3. The van der Waals surface area contributed by atoms with E-state index in [1.54, 1.807) is 0 Å². The number of hydrogen-bond donors (Lipinski definition) is 0. The molecule has 2 aromatic rings.